The fourth-order valence-electron chi connectivity index (χ4n) is 1.76. The van der Waals surface area contributed by atoms with Gasteiger partial charge in [0.2, 0.25) is 10.0 Å². The van der Waals surface area contributed by atoms with E-state index in [1.165, 1.54) is 24.5 Å². The molecule has 0 aliphatic rings. The highest BCUT2D eigenvalue weighted by molar-refractivity contribution is 7.89. The summed E-state index contributed by atoms with van der Waals surface area (Å²) in [7, 11) is -2.48. The van der Waals surface area contributed by atoms with Crippen LogP contribution in [-0.4, -0.2) is 19.8 Å². The number of nitrogen functional groups attached to an aromatic ring is 1. The van der Waals surface area contributed by atoms with E-state index >= 15 is 0 Å². The molecule has 0 atom stereocenters. The maximum atomic E-state index is 13.9. The van der Waals surface area contributed by atoms with E-state index in [2.05, 4.69) is 0 Å². The first-order chi connectivity index (χ1) is 9.32. The number of halogens is 1. The lowest BCUT2D eigenvalue weighted by Gasteiger charge is -2.17. The standard InChI is InChI=1S/C13H15FN2O2S2/c1-9-5-11(14)13(6-12(9)15)20(17,18)16(2)7-10-3-4-19-8-10/h3-6,8H,7,15H2,1-2H3. The molecule has 2 rings (SSSR count). The molecular formula is C13H15FN2O2S2. The van der Waals surface area contributed by atoms with Gasteiger partial charge in [-0.15, -0.1) is 0 Å². The molecule has 2 aromatic rings. The summed E-state index contributed by atoms with van der Waals surface area (Å²) in [5, 5.41) is 3.71. The fourth-order valence-corrected chi connectivity index (χ4v) is 3.65. The van der Waals surface area contributed by atoms with Gasteiger partial charge >= 0.3 is 0 Å². The van der Waals surface area contributed by atoms with E-state index in [1.807, 2.05) is 16.8 Å². The number of nitrogens with two attached hydrogens (primary N) is 1. The molecule has 1 aromatic heterocycles. The molecule has 0 aliphatic heterocycles. The Morgan fingerprint density at radius 3 is 2.70 bits per heavy atom. The molecule has 0 fully saturated rings. The van der Waals surface area contributed by atoms with Crippen LogP contribution < -0.4 is 5.73 Å². The second kappa shape index (κ2) is 5.51. The molecule has 0 spiro atoms. The van der Waals surface area contributed by atoms with Crippen molar-refractivity contribution in [2.24, 2.45) is 0 Å². The van der Waals surface area contributed by atoms with Gasteiger partial charge in [-0.3, -0.25) is 0 Å². The van der Waals surface area contributed by atoms with E-state index in [4.69, 9.17) is 5.73 Å². The quantitative estimate of drug-likeness (QED) is 0.882. The number of thiophene rings is 1. The maximum absolute atomic E-state index is 13.9. The molecule has 20 heavy (non-hydrogen) atoms. The van der Waals surface area contributed by atoms with Gasteiger partial charge in [0.05, 0.1) is 0 Å². The SMILES string of the molecule is Cc1cc(F)c(S(=O)(=O)N(C)Cc2ccsc2)cc1N. The Kier molecular flexibility index (Phi) is 4.12. The summed E-state index contributed by atoms with van der Waals surface area (Å²) in [5.74, 6) is -0.783. The van der Waals surface area contributed by atoms with Crippen LogP contribution in [0.4, 0.5) is 10.1 Å². The number of hydrogen-bond acceptors (Lipinski definition) is 4. The molecule has 1 aromatic carbocycles. The molecule has 0 radical (unpaired) electrons. The number of aryl methyl sites for hydroxylation is 1. The highest BCUT2D eigenvalue weighted by Crippen LogP contribution is 2.25. The normalized spacial score (nSPS) is 12.0. The molecule has 7 heteroatoms. The largest absolute Gasteiger partial charge is 0.398 e. The monoisotopic (exact) mass is 314 g/mol. The van der Waals surface area contributed by atoms with E-state index in [9.17, 15) is 12.8 Å². The van der Waals surface area contributed by atoms with Gasteiger partial charge in [-0.2, -0.15) is 15.6 Å². The van der Waals surface area contributed by atoms with Crippen LogP contribution in [0.5, 0.6) is 0 Å². The highest BCUT2D eigenvalue weighted by atomic mass is 32.2. The Balaban J connectivity index is 2.37. The summed E-state index contributed by atoms with van der Waals surface area (Å²) in [4.78, 5) is -0.390. The molecule has 2 N–H and O–H groups in total. The minimum atomic E-state index is -3.90. The summed E-state index contributed by atoms with van der Waals surface area (Å²) in [6.45, 7) is 1.82. The van der Waals surface area contributed by atoms with E-state index in [-0.39, 0.29) is 12.2 Å². The summed E-state index contributed by atoms with van der Waals surface area (Å²) < 4.78 is 39.8. The number of hydrogen-bond donors (Lipinski definition) is 1. The number of nitrogens with zero attached hydrogens (tertiary/aromatic N) is 1. The van der Waals surface area contributed by atoms with Crippen molar-refractivity contribution in [3.8, 4) is 0 Å². The minimum Gasteiger partial charge on any atom is -0.398 e. The summed E-state index contributed by atoms with van der Waals surface area (Å²) in [6, 6.07) is 4.14. The molecule has 0 aliphatic carbocycles. The Morgan fingerprint density at radius 1 is 1.40 bits per heavy atom. The first-order valence-corrected chi connectivity index (χ1v) is 8.23. The van der Waals surface area contributed by atoms with Crippen molar-refractivity contribution in [2.75, 3.05) is 12.8 Å². The van der Waals surface area contributed by atoms with Crippen molar-refractivity contribution in [2.45, 2.75) is 18.4 Å². The van der Waals surface area contributed by atoms with Crippen molar-refractivity contribution >= 4 is 27.0 Å². The number of anilines is 1. The molecule has 0 saturated carbocycles. The van der Waals surface area contributed by atoms with Crippen LogP contribution in [-0.2, 0) is 16.6 Å². The molecule has 0 saturated heterocycles. The van der Waals surface area contributed by atoms with Gasteiger partial charge in [0.25, 0.3) is 0 Å². The lowest BCUT2D eigenvalue weighted by atomic mass is 10.2. The third-order valence-corrected chi connectivity index (χ3v) is 5.54. The number of sulfonamides is 1. The van der Waals surface area contributed by atoms with Crippen molar-refractivity contribution in [1.29, 1.82) is 0 Å². The van der Waals surface area contributed by atoms with E-state index in [0.29, 0.717) is 5.56 Å². The lowest BCUT2D eigenvalue weighted by Crippen LogP contribution is -2.27. The fraction of sp³-hybridized carbons (Fsp3) is 0.231. The van der Waals surface area contributed by atoms with Gasteiger partial charge in [-0.05, 0) is 47.0 Å². The molecule has 4 nitrogen and oxygen atoms in total. The zero-order chi connectivity index (χ0) is 14.9. The summed E-state index contributed by atoms with van der Waals surface area (Å²) >= 11 is 1.48. The average molecular weight is 314 g/mol. The Morgan fingerprint density at radius 2 is 2.10 bits per heavy atom. The molecule has 108 valence electrons. The topological polar surface area (TPSA) is 63.4 Å². The van der Waals surface area contributed by atoms with Gasteiger partial charge < -0.3 is 5.73 Å². The van der Waals surface area contributed by atoms with Crippen molar-refractivity contribution in [3.63, 3.8) is 0 Å². The van der Waals surface area contributed by atoms with Gasteiger partial charge in [-0.25, -0.2) is 12.8 Å². The molecule has 1 heterocycles. The lowest BCUT2D eigenvalue weighted by molar-refractivity contribution is 0.460. The Bertz CT molecular complexity index is 712. The van der Waals surface area contributed by atoms with Gasteiger partial charge in [-0.1, -0.05) is 0 Å². The van der Waals surface area contributed by atoms with Crippen LogP contribution >= 0.6 is 11.3 Å². The zero-order valence-corrected chi connectivity index (χ0v) is 12.8. The first-order valence-electron chi connectivity index (χ1n) is 5.85. The molecule has 0 unspecified atom stereocenters. The van der Waals surface area contributed by atoms with E-state index < -0.39 is 20.7 Å². The zero-order valence-electron chi connectivity index (χ0n) is 11.1. The van der Waals surface area contributed by atoms with Gasteiger partial charge in [0, 0.05) is 19.3 Å². The van der Waals surface area contributed by atoms with Gasteiger partial charge in [0.1, 0.15) is 10.7 Å². The van der Waals surface area contributed by atoms with Gasteiger partial charge in [0.15, 0.2) is 0 Å². The Labute approximate surface area is 121 Å². The molecule has 0 bridgehead atoms. The van der Waals surface area contributed by atoms with Crippen molar-refractivity contribution in [1.82, 2.24) is 4.31 Å². The average Bonchev–Trinajstić information content (AvgIpc) is 2.86. The predicted molar refractivity (Wildman–Crippen MR) is 78.5 cm³/mol. The molecule has 0 amide bonds. The van der Waals surface area contributed by atoms with E-state index in [0.717, 1.165) is 15.9 Å². The van der Waals surface area contributed by atoms with Crippen LogP contribution in [0.3, 0.4) is 0 Å². The minimum absolute atomic E-state index is 0.194. The third kappa shape index (κ3) is 2.84. The van der Waals surface area contributed by atoms with Crippen LogP contribution in [0, 0.1) is 12.7 Å². The number of rotatable bonds is 4. The van der Waals surface area contributed by atoms with E-state index in [1.54, 1.807) is 6.92 Å². The van der Waals surface area contributed by atoms with Crippen molar-refractivity contribution in [3.05, 3.63) is 45.9 Å². The number of benzene rings is 1. The van der Waals surface area contributed by atoms with Crippen molar-refractivity contribution < 1.29 is 12.8 Å². The molecular weight excluding hydrogens is 299 g/mol. The van der Waals surface area contributed by atoms with Crippen LogP contribution in [0.25, 0.3) is 0 Å². The first kappa shape index (κ1) is 15.0. The Hall–Kier alpha value is -1.44. The maximum Gasteiger partial charge on any atom is 0.246 e. The third-order valence-electron chi connectivity index (χ3n) is 2.99. The second-order valence-electron chi connectivity index (χ2n) is 4.53. The smallest absolute Gasteiger partial charge is 0.246 e. The predicted octanol–water partition coefficient (Wildman–Crippen LogP) is 2.60. The van der Waals surface area contributed by atoms with Crippen LogP contribution in [0.1, 0.15) is 11.1 Å². The second-order valence-corrected chi connectivity index (χ2v) is 7.33. The van der Waals surface area contributed by atoms with Crippen LogP contribution in [0.15, 0.2) is 33.9 Å². The highest BCUT2D eigenvalue weighted by Gasteiger charge is 2.25. The summed E-state index contributed by atoms with van der Waals surface area (Å²) in [5.41, 5.74) is 7.31. The van der Waals surface area contributed by atoms with Crippen LogP contribution in [0.2, 0.25) is 0 Å². The summed E-state index contributed by atoms with van der Waals surface area (Å²) in [6.07, 6.45) is 0.